The van der Waals surface area contributed by atoms with Crippen molar-refractivity contribution in [1.29, 1.82) is 0 Å². The fourth-order valence-electron chi connectivity index (χ4n) is 1.23. The van der Waals surface area contributed by atoms with E-state index in [0.717, 1.165) is 0 Å². The quantitative estimate of drug-likeness (QED) is 0.501. The third-order valence-corrected chi connectivity index (χ3v) is 2.04. The summed E-state index contributed by atoms with van der Waals surface area (Å²) in [5.41, 5.74) is 2.87. The van der Waals surface area contributed by atoms with E-state index in [1.54, 1.807) is 5.57 Å². The lowest BCUT2D eigenvalue weighted by Gasteiger charge is -2.00. The molecule has 0 nitrogen and oxygen atoms in total. The van der Waals surface area contributed by atoms with Crippen molar-refractivity contribution >= 4 is 0 Å². The average molecular weight is 122 g/mol. The van der Waals surface area contributed by atoms with Crippen molar-refractivity contribution in [3.05, 3.63) is 23.8 Å². The molecule has 1 unspecified atom stereocenters. The molecule has 0 amide bonds. The summed E-state index contributed by atoms with van der Waals surface area (Å²) in [6.07, 6.45) is 4.68. The van der Waals surface area contributed by atoms with E-state index in [-0.39, 0.29) is 0 Å². The van der Waals surface area contributed by atoms with Crippen molar-refractivity contribution in [3.8, 4) is 0 Å². The zero-order valence-corrected chi connectivity index (χ0v) is 6.28. The summed E-state index contributed by atoms with van der Waals surface area (Å²) in [7, 11) is 0. The van der Waals surface area contributed by atoms with Gasteiger partial charge in [0, 0.05) is 0 Å². The SMILES string of the molecule is C=C1C=C(CC)CC1C. The number of hydrogen-bond donors (Lipinski definition) is 0. The summed E-state index contributed by atoms with van der Waals surface area (Å²) >= 11 is 0. The first kappa shape index (κ1) is 6.60. The predicted octanol–water partition coefficient (Wildman–Crippen LogP) is 2.92. The van der Waals surface area contributed by atoms with E-state index < -0.39 is 0 Å². The Morgan fingerprint density at radius 2 is 2.44 bits per heavy atom. The molecule has 0 N–H and O–H groups in total. The van der Waals surface area contributed by atoms with E-state index >= 15 is 0 Å². The monoisotopic (exact) mass is 122 g/mol. The molecule has 1 aliphatic carbocycles. The molecule has 0 aromatic carbocycles. The molecule has 1 rings (SSSR count). The third-order valence-electron chi connectivity index (χ3n) is 2.04. The smallest absolute Gasteiger partial charge is 0.0159 e. The van der Waals surface area contributed by atoms with Gasteiger partial charge in [-0.25, -0.2) is 0 Å². The summed E-state index contributed by atoms with van der Waals surface area (Å²) in [5.74, 6) is 0.708. The van der Waals surface area contributed by atoms with Crippen LogP contribution in [0.15, 0.2) is 23.8 Å². The predicted molar refractivity (Wildman–Crippen MR) is 41.3 cm³/mol. The molecule has 0 saturated carbocycles. The lowest BCUT2D eigenvalue weighted by atomic mass is 10.0. The Morgan fingerprint density at radius 3 is 2.67 bits per heavy atom. The van der Waals surface area contributed by atoms with Crippen molar-refractivity contribution in [2.24, 2.45) is 5.92 Å². The molecule has 0 radical (unpaired) electrons. The van der Waals surface area contributed by atoms with Crippen LogP contribution in [0, 0.1) is 5.92 Å². The second-order valence-corrected chi connectivity index (χ2v) is 2.84. The van der Waals surface area contributed by atoms with Gasteiger partial charge in [-0.05, 0) is 18.8 Å². The maximum absolute atomic E-state index is 3.96. The van der Waals surface area contributed by atoms with Crippen molar-refractivity contribution in [2.75, 3.05) is 0 Å². The summed E-state index contributed by atoms with van der Waals surface area (Å²) in [5, 5.41) is 0. The normalized spacial score (nSPS) is 26.7. The highest BCUT2D eigenvalue weighted by atomic mass is 14.2. The molecule has 0 heteroatoms. The molecule has 9 heavy (non-hydrogen) atoms. The summed E-state index contributed by atoms with van der Waals surface area (Å²) in [4.78, 5) is 0. The lowest BCUT2D eigenvalue weighted by molar-refractivity contribution is 0.713. The van der Waals surface area contributed by atoms with Gasteiger partial charge in [-0.3, -0.25) is 0 Å². The van der Waals surface area contributed by atoms with Crippen LogP contribution in [0.25, 0.3) is 0 Å². The van der Waals surface area contributed by atoms with Gasteiger partial charge in [0.05, 0.1) is 0 Å². The van der Waals surface area contributed by atoms with Gasteiger partial charge in [-0.2, -0.15) is 0 Å². The minimum Gasteiger partial charge on any atom is -0.0955 e. The molecule has 0 fully saturated rings. The molecular weight excluding hydrogens is 108 g/mol. The topological polar surface area (TPSA) is 0 Å². The highest BCUT2D eigenvalue weighted by Gasteiger charge is 2.13. The van der Waals surface area contributed by atoms with Crippen LogP contribution in [0.3, 0.4) is 0 Å². The van der Waals surface area contributed by atoms with Gasteiger partial charge < -0.3 is 0 Å². The molecule has 0 heterocycles. The minimum atomic E-state index is 0.708. The van der Waals surface area contributed by atoms with Crippen LogP contribution < -0.4 is 0 Å². The maximum Gasteiger partial charge on any atom is -0.0159 e. The van der Waals surface area contributed by atoms with Crippen LogP contribution in [0.1, 0.15) is 26.7 Å². The molecule has 0 aliphatic heterocycles. The lowest BCUT2D eigenvalue weighted by Crippen LogP contribution is -1.87. The maximum atomic E-state index is 3.96. The Morgan fingerprint density at radius 1 is 1.78 bits per heavy atom. The van der Waals surface area contributed by atoms with E-state index in [9.17, 15) is 0 Å². The Kier molecular flexibility index (Phi) is 1.75. The first-order valence-electron chi connectivity index (χ1n) is 3.62. The fraction of sp³-hybridized carbons (Fsp3) is 0.556. The molecule has 1 aliphatic rings. The molecular formula is C9H14. The molecule has 0 aromatic heterocycles. The molecule has 50 valence electrons. The van der Waals surface area contributed by atoms with Gasteiger partial charge in [0.1, 0.15) is 0 Å². The third kappa shape index (κ3) is 1.24. The van der Waals surface area contributed by atoms with Gasteiger partial charge in [0.2, 0.25) is 0 Å². The molecule has 1 atom stereocenters. The van der Waals surface area contributed by atoms with Crippen molar-refractivity contribution in [1.82, 2.24) is 0 Å². The van der Waals surface area contributed by atoms with Crippen molar-refractivity contribution in [2.45, 2.75) is 26.7 Å². The van der Waals surface area contributed by atoms with Crippen LogP contribution in [0.4, 0.5) is 0 Å². The van der Waals surface area contributed by atoms with Crippen LogP contribution in [-0.2, 0) is 0 Å². The zero-order chi connectivity index (χ0) is 6.85. The van der Waals surface area contributed by atoms with Gasteiger partial charge in [-0.15, -0.1) is 0 Å². The summed E-state index contributed by atoms with van der Waals surface area (Å²) < 4.78 is 0. The second-order valence-electron chi connectivity index (χ2n) is 2.84. The number of rotatable bonds is 1. The summed E-state index contributed by atoms with van der Waals surface area (Å²) in [6.45, 7) is 8.40. The highest BCUT2D eigenvalue weighted by molar-refractivity contribution is 5.30. The minimum absolute atomic E-state index is 0.708. The average Bonchev–Trinajstić information content (AvgIpc) is 2.13. The van der Waals surface area contributed by atoms with Gasteiger partial charge in [0.25, 0.3) is 0 Å². The van der Waals surface area contributed by atoms with Gasteiger partial charge in [-0.1, -0.05) is 37.6 Å². The fourth-order valence-corrected chi connectivity index (χ4v) is 1.23. The molecule has 0 saturated heterocycles. The van der Waals surface area contributed by atoms with E-state index in [0.29, 0.717) is 5.92 Å². The first-order valence-corrected chi connectivity index (χ1v) is 3.62. The van der Waals surface area contributed by atoms with E-state index in [2.05, 4.69) is 26.5 Å². The van der Waals surface area contributed by atoms with E-state index in [4.69, 9.17) is 0 Å². The Labute approximate surface area is 57.3 Å². The Hall–Kier alpha value is -0.520. The molecule has 0 bridgehead atoms. The molecule has 0 spiro atoms. The second kappa shape index (κ2) is 2.38. The molecule has 0 aromatic rings. The van der Waals surface area contributed by atoms with Crippen molar-refractivity contribution < 1.29 is 0 Å². The first-order chi connectivity index (χ1) is 4.24. The standard InChI is InChI=1S/C9H14/c1-4-9-5-7(2)8(3)6-9/h5,8H,2,4,6H2,1,3H3. The van der Waals surface area contributed by atoms with Crippen LogP contribution in [0.2, 0.25) is 0 Å². The Balaban J connectivity index is 2.62. The highest BCUT2D eigenvalue weighted by Crippen LogP contribution is 2.29. The van der Waals surface area contributed by atoms with Gasteiger partial charge in [0.15, 0.2) is 0 Å². The van der Waals surface area contributed by atoms with Crippen molar-refractivity contribution in [3.63, 3.8) is 0 Å². The number of hydrogen-bond acceptors (Lipinski definition) is 0. The van der Waals surface area contributed by atoms with Gasteiger partial charge >= 0.3 is 0 Å². The van der Waals surface area contributed by atoms with E-state index in [1.165, 1.54) is 18.4 Å². The van der Waals surface area contributed by atoms with Crippen LogP contribution >= 0.6 is 0 Å². The Bertz CT molecular complexity index is 151. The summed E-state index contributed by atoms with van der Waals surface area (Å²) in [6, 6.07) is 0. The van der Waals surface area contributed by atoms with Crippen LogP contribution in [0.5, 0.6) is 0 Å². The van der Waals surface area contributed by atoms with E-state index in [1.807, 2.05) is 0 Å². The van der Waals surface area contributed by atoms with Crippen LogP contribution in [-0.4, -0.2) is 0 Å². The zero-order valence-electron chi connectivity index (χ0n) is 6.28. The number of allylic oxidation sites excluding steroid dienone is 3. The largest absolute Gasteiger partial charge is 0.0955 e.